The average molecular weight is 312 g/mol. The highest BCUT2D eigenvalue weighted by atomic mass is 16.3. The summed E-state index contributed by atoms with van der Waals surface area (Å²) in [5.41, 5.74) is 3.18. The number of rotatable bonds is 6. The molecule has 1 atom stereocenters. The molecule has 1 heteroatoms. The minimum absolute atomic E-state index is 0.155. The standard InChI is InChI=1S/C22H32O/c1-16(2-3-17-4-6-18(15-23)7-5-17)11-22-12-19-8-20(13-22)10-21(9-19)14-22/h4-7,16,19-21,23H,2-3,8-15H2,1H3. The highest BCUT2D eigenvalue weighted by Crippen LogP contribution is 2.62. The summed E-state index contributed by atoms with van der Waals surface area (Å²) in [4.78, 5) is 0. The Morgan fingerprint density at radius 2 is 1.48 bits per heavy atom. The number of hydrogen-bond donors (Lipinski definition) is 1. The zero-order chi connectivity index (χ0) is 15.9. The molecule has 4 aliphatic carbocycles. The third kappa shape index (κ3) is 3.36. The lowest BCUT2D eigenvalue weighted by molar-refractivity contribution is -0.0646. The number of aryl methyl sites for hydroxylation is 1. The highest BCUT2D eigenvalue weighted by molar-refractivity contribution is 5.22. The van der Waals surface area contributed by atoms with Crippen molar-refractivity contribution in [1.82, 2.24) is 0 Å². The minimum atomic E-state index is 0.155. The number of aliphatic hydroxyl groups is 1. The zero-order valence-corrected chi connectivity index (χ0v) is 14.6. The van der Waals surface area contributed by atoms with Crippen molar-refractivity contribution in [2.45, 2.75) is 71.3 Å². The SMILES string of the molecule is CC(CCc1ccc(CO)cc1)CC12CC3CC(CC(C3)C1)C2. The topological polar surface area (TPSA) is 20.2 Å². The summed E-state index contributed by atoms with van der Waals surface area (Å²) in [6, 6.07) is 8.53. The van der Waals surface area contributed by atoms with Gasteiger partial charge in [-0.2, -0.15) is 0 Å². The fraction of sp³-hybridized carbons (Fsp3) is 0.727. The van der Waals surface area contributed by atoms with E-state index in [4.69, 9.17) is 5.11 Å². The van der Waals surface area contributed by atoms with E-state index < -0.39 is 0 Å². The predicted octanol–water partition coefficient (Wildman–Crippen LogP) is 5.35. The molecule has 4 bridgehead atoms. The van der Waals surface area contributed by atoms with Gasteiger partial charge in [-0.1, -0.05) is 31.2 Å². The first-order valence-electron chi connectivity index (χ1n) is 9.83. The Morgan fingerprint density at radius 3 is 2.00 bits per heavy atom. The molecule has 0 spiro atoms. The maximum Gasteiger partial charge on any atom is 0.0681 e. The Bertz CT molecular complexity index is 494. The van der Waals surface area contributed by atoms with Gasteiger partial charge in [0.1, 0.15) is 0 Å². The quantitative estimate of drug-likeness (QED) is 0.750. The van der Waals surface area contributed by atoms with Crippen LogP contribution in [0.25, 0.3) is 0 Å². The van der Waals surface area contributed by atoms with Crippen LogP contribution in [0.15, 0.2) is 24.3 Å². The van der Waals surface area contributed by atoms with Gasteiger partial charge in [-0.05, 0) is 98.0 Å². The zero-order valence-electron chi connectivity index (χ0n) is 14.6. The van der Waals surface area contributed by atoms with E-state index in [1.807, 2.05) is 0 Å². The van der Waals surface area contributed by atoms with Crippen molar-refractivity contribution in [3.63, 3.8) is 0 Å². The Morgan fingerprint density at radius 1 is 0.957 bits per heavy atom. The summed E-state index contributed by atoms with van der Waals surface area (Å²) in [6.07, 6.45) is 13.3. The summed E-state index contributed by atoms with van der Waals surface area (Å²) < 4.78 is 0. The fourth-order valence-corrected chi connectivity index (χ4v) is 6.61. The van der Waals surface area contributed by atoms with Gasteiger partial charge in [0.2, 0.25) is 0 Å². The molecule has 126 valence electrons. The molecule has 5 rings (SSSR count). The summed E-state index contributed by atoms with van der Waals surface area (Å²) in [7, 11) is 0. The Hall–Kier alpha value is -0.820. The number of hydrogen-bond acceptors (Lipinski definition) is 1. The Labute approximate surface area is 141 Å². The van der Waals surface area contributed by atoms with E-state index in [2.05, 4.69) is 31.2 Å². The summed E-state index contributed by atoms with van der Waals surface area (Å²) >= 11 is 0. The van der Waals surface area contributed by atoms with Gasteiger partial charge in [0.05, 0.1) is 6.61 Å². The monoisotopic (exact) mass is 312 g/mol. The lowest BCUT2D eigenvalue weighted by Gasteiger charge is -2.57. The lowest BCUT2D eigenvalue weighted by Crippen LogP contribution is -2.46. The van der Waals surface area contributed by atoms with Gasteiger partial charge >= 0.3 is 0 Å². The van der Waals surface area contributed by atoms with Crippen LogP contribution in [0.1, 0.15) is 69.4 Å². The van der Waals surface area contributed by atoms with Crippen LogP contribution in [0.5, 0.6) is 0 Å². The van der Waals surface area contributed by atoms with Crippen LogP contribution < -0.4 is 0 Å². The summed E-state index contributed by atoms with van der Waals surface area (Å²) in [5, 5.41) is 9.14. The molecule has 0 heterocycles. The molecule has 4 aliphatic rings. The van der Waals surface area contributed by atoms with Crippen LogP contribution in [-0.2, 0) is 13.0 Å². The van der Waals surface area contributed by atoms with Gasteiger partial charge in [-0.25, -0.2) is 0 Å². The van der Waals surface area contributed by atoms with Crippen molar-refractivity contribution in [3.05, 3.63) is 35.4 Å². The molecule has 4 saturated carbocycles. The minimum Gasteiger partial charge on any atom is -0.392 e. The molecule has 0 saturated heterocycles. The molecule has 23 heavy (non-hydrogen) atoms. The van der Waals surface area contributed by atoms with Gasteiger partial charge in [0.25, 0.3) is 0 Å². The van der Waals surface area contributed by atoms with E-state index in [1.165, 1.54) is 24.8 Å². The van der Waals surface area contributed by atoms with E-state index in [9.17, 15) is 0 Å². The highest BCUT2D eigenvalue weighted by Gasteiger charge is 2.50. The van der Waals surface area contributed by atoms with Crippen molar-refractivity contribution in [1.29, 1.82) is 0 Å². The first-order valence-corrected chi connectivity index (χ1v) is 9.83. The van der Waals surface area contributed by atoms with Crippen LogP contribution >= 0.6 is 0 Å². The van der Waals surface area contributed by atoms with Gasteiger partial charge in [0, 0.05) is 0 Å². The predicted molar refractivity (Wildman–Crippen MR) is 95.1 cm³/mol. The molecule has 0 amide bonds. The van der Waals surface area contributed by atoms with E-state index in [0.717, 1.165) is 34.7 Å². The van der Waals surface area contributed by atoms with Gasteiger partial charge < -0.3 is 5.11 Å². The second-order valence-electron chi connectivity index (χ2n) is 9.24. The molecule has 4 fully saturated rings. The molecule has 1 nitrogen and oxygen atoms in total. The van der Waals surface area contributed by atoms with E-state index in [0.29, 0.717) is 0 Å². The Balaban J connectivity index is 1.32. The summed E-state index contributed by atoms with van der Waals surface area (Å²) in [5.74, 6) is 4.10. The maximum atomic E-state index is 9.14. The fourth-order valence-electron chi connectivity index (χ4n) is 6.61. The lowest BCUT2D eigenvalue weighted by atomic mass is 9.48. The maximum absolute atomic E-state index is 9.14. The van der Waals surface area contributed by atoms with Crippen molar-refractivity contribution >= 4 is 0 Å². The number of aliphatic hydroxyl groups excluding tert-OH is 1. The molecule has 0 radical (unpaired) electrons. The van der Waals surface area contributed by atoms with E-state index >= 15 is 0 Å². The van der Waals surface area contributed by atoms with Crippen molar-refractivity contribution < 1.29 is 5.11 Å². The van der Waals surface area contributed by atoms with Crippen LogP contribution in [-0.4, -0.2) is 5.11 Å². The average Bonchev–Trinajstić information content (AvgIpc) is 2.51. The Kier molecular flexibility index (Phi) is 4.26. The normalized spacial score (nSPS) is 36.3. The third-order valence-electron chi connectivity index (χ3n) is 7.08. The molecule has 1 N–H and O–H groups in total. The molecular weight excluding hydrogens is 280 g/mol. The number of benzene rings is 1. The van der Waals surface area contributed by atoms with Crippen LogP contribution in [0.4, 0.5) is 0 Å². The van der Waals surface area contributed by atoms with Crippen LogP contribution in [0, 0.1) is 29.1 Å². The van der Waals surface area contributed by atoms with Gasteiger partial charge in [-0.15, -0.1) is 0 Å². The molecule has 1 aromatic rings. The second-order valence-corrected chi connectivity index (χ2v) is 9.24. The first kappa shape index (κ1) is 15.7. The first-order chi connectivity index (χ1) is 11.1. The van der Waals surface area contributed by atoms with E-state index in [1.54, 1.807) is 38.5 Å². The van der Waals surface area contributed by atoms with Crippen molar-refractivity contribution in [2.75, 3.05) is 0 Å². The molecule has 0 aliphatic heterocycles. The van der Waals surface area contributed by atoms with Crippen molar-refractivity contribution in [3.8, 4) is 0 Å². The second kappa shape index (κ2) is 6.24. The van der Waals surface area contributed by atoms with E-state index in [-0.39, 0.29) is 6.61 Å². The third-order valence-corrected chi connectivity index (χ3v) is 7.08. The van der Waals surface area contributed by atoms with Crippen molar-refractivity contribution in [2.24, 2.45) is 29.1 Å². The molecule has 0 aromatic heterocycles. The van der Waals surface area contributed by atoms with Crippen LogP contribution in [0.3, 0.4) is 0 Å². The van der Waals surface area contributed by atoms with Gasteiger partial charge in [0.15, 0.2) is 0 Å². The molecular formula is C22H32O. The van der Waals surface area contributed by atoms with Gasteiger partial charge in [-0.3, -0.25) is 0 Å². The molecule has 1 aromatic carbocycles. The summed E-state index contributed by atoms with van der Waals surface area (Å²) in [6.45, 7) is 2.64. The smallest absolute Gasteiger partial charge is 0.0681 e. The van der Waals surface area contributed by atoms with Crippen LogP contribution in [0.2, 0.25) is 0 Å². The largest absolute Gasteiger partial charge is 0.392 e. The molecule has 1 unspecified atom stereocenters.